The van der Waals surface area contributed by atoms with Crippen molar-refractivity contribution in [1.82, 2.24) is 15.0 Å². The van der Waals surface area contributed by atoms with Gasteiger partial charge in [-0.05, 0) is 6.07 Å². The number of methoxy groups -OCH3 is 1. The van der Waals surface area contributed by atoms with Crippen molar-refractivity contribution in [2.75, 3.05) is 7.11 Å². The third-order valence-electron chi connectivity index (χ3n) is 3.86. The summed E-state index contributed by atoms with van der Waals surface area (Å²) in [6, 6.07) is 5.27. The van der Waals surface area contributed by atoms with Crippen LogP contribution < -0.4 is 14.2 Å². The number of alkyl halides is 4. The molecule has 3 aromatic rings. The Labute approximate surface area is 157 Å². The lowest BCUT2D eigenvalue weighted by Crippen LogP contribution is -2.52. The minimum atomic E-state index is -4.83. The van der Waals surface area contributed by atoms with Crippen LogP contribution in [0.1, 0.15) is 5.69 Å². The van der Waals surface area contributed by atoms with Gasteiger partial charge in [-0.3, -0.25) is 9.97 Å². The zero-order valence-electron chi connectivity index (χ0n) is 14.0. The van der Waals surface area contributed by atoms with E-state index in [1.807, 2.05) is 0 Å². The SMILES string of the molecule is COc1ccnc(C[S+]([O-])c2nc3cc4c(cc3[nH]2)OC(F)(F)C(F)(F)O4)c1. The molecule has 2 aromatic heterocycles. The molecule has 1 N–H and O–H groups in total. The standard InChI is InChI=1S/C16H11F4N3O4S/c1-25-9-2-3-21-8(4-9)7-28(24)14-22-10-5-12-13(6-11(10)23-14)27-16(19,20)15(17,18)26-12/h2-6H,7H2,1H3,(H,22,23). The number of H-pyrrole nitrogens is 1. The lowest BCUT2D eigenvalue weighted by Gasteiger charge is -2.31. The maximum Gasteiger partial charge on any atom is 0.507 e. The van der Waals surface area contributed by atoms with Crippen molar-refractivity contribution in [2.24, 2.45) is 0 Å². The molecule has 3 heterocycles. The van der Waals surface area contributed by atoms with Gasteiger partial charge < -0.3 is 18.8 Å². The summed E-state index contributed by atoms with van der Waals surface area (Å²) >= 11 is -1.67. The van der Waals surface area contributed by atoms with Crippen LogP contribution in [0.15, 0.2) is 35.6 Å². The number of ether oxygens (including phenoxy) is 3. The average molecular weight is 417 g/mol. The molecule has 7 nitrogen and oxygen atoms in total. The zero-order valence-corrected chi connectivity index (χ0v) is 14.9. The van der Waals surface area contributed by atoms with E-state index in [0.29, 0.717) is 11.4 Å². The largest absolute Gasteiger partial charge is 0.609 e. The molecule has 0 aliphatic carbocycles. The molecule has 1 aromatic carbocycles. The van der Waals surface area contributed by atoms with Crippen LogP contribution in [-0.2, 0) is 16.9 Å². The summed E-state index contributed by atoms with van der Waals surface area (Å²) in [4.78, 5) is 10.8. The van der Waals surface area contributed by atoms with Gasteiger partial charge in [0.25, 0.3) is 0 Å². The fourth-order valence-electron chi connectivity index (χ4n) is 2.52. The summed E-state index contributed by atoms with van der Waals surface area (Å²) in [6.07, 6.45) is -8.15. The molecule has 12 heteroatoms. The van der Waals surface area contributed by atoms with Crippen LogP contribution in [0.2, 0.25) is 0 Å². The van der Waals surface area contributed by atoms with Crippen LogP contribution in [0.4, 0.5) is 17.6 Å². The zero-order chi connectivity index (χ0) is 20.1. The number of fused-ring (bicyclic) bond motifs is 2. The number of pyridine rings is 1. The highest BCUT2D eigenvalue weighted by Gasteiger charge is 2.66. The van der Waals surface area contributed by atoms with Gasteiger partial charge in [-0.25, -0.2) is 0 Å². The van der Waals surface area contributed by atoms with E-state index in [-0.39, 0.29) is 21.9 Å². The van der Waals surface area contributed by atoms with E-state index in [4.69, 9.17) is 4.74 Å². The van der Waals surface area contributed by atoms with Gasteiger partial charge in [-0.15, -0.1) is 0 Å². The first-order chi connectivity index (χ1) is 13.2. The molecule has 0 fully saturated rings. The number of aromatic nitrogens is 3. The third-order valence-corrected chi connectivity index (χ3v) is 5.04. The fraction of sp³-hybridized carbons (Fsp3) is 0.250. The van der Waals surface area contributed by atoms with Crippen molar-refractivity contribution in [3.63, 3.8) is 0 Å². The minimum absolute atomic E-state index is 0.000121. The Morgan fingerprint density at radius 3 is 2.50 bits per heavy atom. The first-order valence-electron chi connectivity index (χ1n) is 7.73. The molecule has 1 aliphatic rings. The van der Waals surface area contributed by atoms with Crippen molar-refractivity contribution in [3.8, 4) is 17.2 Å². The third kappa shape index (κ3) is 3.18. The number of aromatic amines is 1. The molecular formula is C16H11F4N3O4S. The van der Waals surface area contributed by atoms with E-state index in [1.165, 1.54) is 13.3 Å². The fourth-order valence-corrected chi connectivity index (χ4v) is 3.51. The lowest BCUT2D eigenvalue weighted by molar-refractivity contribution is -0.391. The highest BCUT2D eigenvalue weighted by atomic mass is 32.2. The quantitative estimate of drug-likeness (QED) is 0.518. The Hall–Kier alpha value is -2.73. The Balaban J connectivity index is 1.63. The van der Waals surface area contributed by atoms with Gasteiger partial charge in [-0.2, -0.15) is 22.5 Å². The monoisotopic (exact) mass is 417 g/mol. The molecule has 0 saturated carbocycles. The highest BCUT2D eigenvalue weighted by molar-refractivity contribution is 7.90. The van der Waals surface area contributed by atoms with Gasteiger partial charge in [-0.1, -0.05) is 0 Å². The van der Waals surface area contributed by atoms with Crippen LogP contribution in [0.25, 0.3) is 11.0 Å². The predicted octanol–water partition coefficient (Wildman–Crippen LogP) is 3.23. The molecule has 0 bridgehead atoms. The second-order valence-electron chi connectivity index (χ2n) is 5.77. The molecular weight excluding hydrogens is 406 g/mol. The summed E-state index contributed by atoms with van der Waals surface area (Å²) in [5.74, 6) is -0.643. The molecule has 0 amide bonds. The Morgan fingerprint density at radius 2 is 1.82 bits per heavy atom. The van der Waals surface area contributed by atoms with Crippen LogP contribution in [-0.4, -0.2) is 38.8 Å². The van der Waals surface area contributed by atoms with Gasteiger partial charge in [0.05, 0.1) is 23.8 Å². The van der Waals surface area contributed by atoms with E-state index < -0.39 is 34.9 Å². The second kappa shape index (κ2) is 6.41. The minimum Gasteiger partial charge on any atom is -0.609 e. The number of rotatable bonds is 4. The Bertz CT molecular complexity index is 993. The van der Waals surface area contributed by atoms with Crippen molar-refractivity contribution < 1.29 is 36.3 Å². The Kier molecular flexibility index (Phi) is 4.27. The van der Waals surface area contributed by atoms with E-state index in [2.05, 4.69) is 24.4 Å². The molecule has 4 rings (SSSR count). The van der Waals surface area contributed by atoms with E-state index in [1.54, 1.807) is 12.1 Å². The van der Waals surface area contributed by atoms with E-state index >= 15 is 0 Å². The van der Waals surface area contributed by atoms with Crippen LogP contribution in [0.3, 0.4) is 0 Å². The molecule has 0 radical (unpaired) electrons. The molecule has 0 spiro atoms. The number of benzene rings is 1. The lowest BCUT2D eigenvalue weighted by atomic mass is 10.2. The number of nitrogens with zero attached hydrogens (tertiary/aromatic N) is 2. The second-order valence-corrected chi connectivity index (χ2v) is 7.14. The predicted molar refractivity (Wildman–Crippen MR) is 88.1 cm³/mol. The Morgan fingerprint density at radius 1 is 1.14 bits per heavy atom. The summed E-state index contributed by atoms with van der Waals surface area (Å²) in [7, 11) is 1.48. The van der Waals surface area contributed by atoms with Gasteiger partial charge in [0.1, 0.15) is 5.75 Å². The molecule has 0 saturated heterocycles. The first kappa shape index (κ1) is 18.6. The summed E-state index contributed by atoms with van der Waals surface area (Å²) in [5, 5.41) is 0.0143. The van der Waals surface area contributed by atoms with Crippen molar-refractivity contribution in [2.45, 2.75) is 23.1 Å². The molecule has 28 heavy (non-hydrogen) atoms. The van der Waals surface area contributed by atoms with Crippen molar-refractivity contribution in [3.05, 3.63) is 36.2 Å². The van der Waals surface area contributed by atoms with Gasteiger partial charge >= 0.3 is 17.4 Å². The van der Waals surface area contributed by atoms with Crippen molar-refractivity contribution in [1.29, 1.82) is 0 Å². The van der Waals surface area contributed by atoms with Crippen LogP contribution >= 0.6 is 0 Å². The summed E-state index contributed by atoms with van der Waals surface area (Å²) < 4.78 is 79.0. The van der Waals surface area contributed by atoms with Crippen molar-refractivity contribution >= 4 is 22.2 Å². The number of hydrogen-bond acceptors (Lipinski definition) is 6. The molecule has 148 valence electrons. The average Bonchev–Trinajstić information content (AvgIpc) is 3.03. The van der Waals surface area contributed by atoms with Gasteiger partial charge in [0.15, 0.2) is 17.3 Å². The number of imidazole rings is 1. The van der Waals surface area contributed by atoms with E-state index in [0.717, 1.165) is 12.1 Å². The number of halogens is 4. The maximum atomic E-state index is 13.3. The maximum absolute atomic E-state index is 13.3. The summed E-state index contributed by atoms with van der Waals surface area (Å²) in [6.45, 7) is 0. The smallest absolute Gasteiger partial charge is 0.507 e. The van der Waals surface area contributed by atoms with Gasteiger partial charge in [0.2, 0.25) is 0 Å². The highest BCUT2D eigenvalue weighted by Crippen LogP contribution is 2.47. The molecule has 1 atom stereocenters. The van der Waals surface area contributed by atoms with E-state index in [9.17, 15) is 22.1 Å². The topological polar surface area (TPSA) is 92.3 Å². The molecule has 1 aliphatic heterocycles. The number of hydrogen-bond donors (Lipinski definition) is 1. The van der Waals surface area contributed by atoms with Crippen LogP contribution in [0, 0.1) is 0 Å². The van der Waals surface area contributed by atoms with Gasteiger partial charge in [0, 0.05) is 35.6 Å². The first-order valence-corrected chi connectivity index (χ1v) is 9.05. The van der Waals surface area contributed by atoms with Crippen LogP contribution in [0.5, 0.6) is 17.2 Å². The number of nitrogens with one attached hydrogen (secondary N) is 1. The normalized spacial score (nSPS) is 18.1. The molecule has 1 unspecified atom stereocenters. The summed E-state index contributed by atoms with van der Waals surface area (Å²) in [5.41, 5.74) is 0.749.